The first kappa shape index (κ1) is 8.81. The molecule has 3 nitrogen and oxygen atoms in total. The lowest BCUT2D eigenvalue weighted by Crippen LogP contribution is -1.97. The summed E-state index contributed by atoms with van der Waals surface area (Å²) in [4.78, 5) is 12.6. The average molecular weight is 185 g/mol. The zero-order valence-corrected chi connectivity index (χ0v) is 8.01. The molecule has 0 spiro atoms. The average Bonchev–Trinajstić information content (AvgIpc) is 2.19. The second-order valence-electron chi connectivity index (χ2n) is 3.15. The number of pyridine rings is 1. The summed E-state index contributed by atoms with van der Waals surface area (Å²) in [6.07, 6.45) is 6.13. The number of nitrogens with zero attached hydrogens (tertiary/aromatic N) is 3. The summed E-state index contributed by atoms with van der Waals surface area (Å²) in [6, 6.07) is 5.84. The van der Waals surface area contributed by atoms with Crippen LogP contribution in [0, 0.1) is 6.92 Å². The van der Waals surface area contributed by atoms with Gasteiger partial charge in [-0.2, -0.15) is 0 Å². The van der Waals surface area contributed by atoms with Gasteiger partial charge in [-0.05, 0) is 24.6 Å². The molecule has 0 aromatic carbocycles. The summed E-state index contributed by atoms with van der Waals surface area (Å²) in [5.74, 6) is 0.845. The molecule has 2 aromatic heterocycles. The van der Waals surface area contributed by atoms with Crippen molar-refractivity contribution in [3.05, 3.63) is 53.9 Å². The van der Waals surface area contributed by atoms with E-state index in [0.29, 0.717) is 0 Å². The minimum absolute atomic E-state index is 0.746. The summed E-state index contributed by atoms with van der Waals surface area (Å²) in [6.45, 7) is 1.97. The van der Waals surface area contributed by atoms with Crippen molar-refractivity contribution in [2.24, 2.45) is 0 Å². The highest BCUT2D eigenvalue weighted by atomic mass is 14.9. The second-order valence-corrected chi connectivity index (χ2v) is 3.15. The molecule has 0 aliphatic carbocycles. The first-order chi connectivity index (χ1) is 6.84. The van der Waals surface area contributed by atoms with Crippen LogP contribution in [0.4, 0.5) is 0 Å². The van der Waals surface area contributed by atoms with Crippen molar-refractivity contribution in [2.45, 2.75) is 13.3 Å². The predicted molar refractivity (Wildman–Crippen MR) is 53.8 cm³/mol. The van der Waals surface area contributed by atoms with Gasteiger partial charge in [-0.15, -0.1) is 0 Å². The Morgan fingerprint density at radius 3 is 2.86 bits per heavy atom. The van der Waals surface area contributed by atoms with Gasteiger partial charge < -0.3 is 0 Å². The summed E-state index contributed by atoms with van der Waals surface area (Å²) in [5.41, 5.74) is 2.14. The molecule has 0 saturated heterocycles. The van der Waals surface area contributed by atoms with Gasteiger partial charge in [-0.3, -0.25) is 4.98 Å². The number of hydrogen-bond acceptors (Lipinski definition) is 3. The molecular weight excluding hydrogens is 174 g/mol. The number of hydrogen-bond donors (Lipinski definition) is 0. The van der Waals surface area contributed by atoms with Gasteiger partial charge in [0.05, 0.1) is 0 Å². The molecule has 0 N–H and O–H groups in total. The summed E-state index contributed by atoms with van der Waals surface area (Å²) < 4.78 is 0. The quantitative estimate of drug-likeness (QED) is 0.715. The zero-order valence-electron chi connectivity index (χ0n) is 8.01. The molecule has 0 radical (unpaired) electrons. The Hall–Kier alpha value is -1.77. The van der Waals surface area contributed by atoms with E-state index in [2.05, 4.69) is 15.0 Å². The van der Waals surface area contributed by atoms with E-state index in [0.717, 1.165) is 23.5 Å². The highest BCUT2D eigenvalue weighted by molar-refractivity contribution is 5.14. The van der Waals surface area contributed by atoms with Crippen LogP contribution in [0.15, 0.2) is 36.8 Å². The monoisotopic (exact) mass is 185 g/mol. The van der Waals surface area contributed by atoms with Gasteiger partial charge in [-0.25, -0.2) is 9.97 Å². The molecule has 0 aliphatic heterocycles. The van der Waals surface area contributed by atoms with Crippen LogP contribution < -0.4 is 0 Å². The molecule has 0 fully saturated rings. The Balaban J connectivity index is 2.19. The molecular formula is C11H11N3. The number of aryl methyl sites for hydroxylation is 1. The molecule has 2 heterocycles. The van der Waals surface area contributed by atoms with E-state index in [4.69, 9.17) is 0 Å². The van der Waals surface area contributed by atoms with Crippen LogP contribution in [0.1, 0.15) is 17.1 Å². The van der Waals surface area contributed by atoms with Crippen molar-refractivity contribution < 1.29 is 0 Å². The van der Waals surface area contributed by atoms with E-state index in [1.54, 1.807) is 12.4 Å². The molecule has 2 rings (SSSR count). The third-order valence-corrected chi connectivity index (χ3v) is 1.93. The van der Waals surface area contributed by atoms with Gasteiger partial charge in [0.1, 0.15) is 5.82 Å². The van der Waals surface area contributed by atoms with Crippen LogP contribution >= 0.6 is 0 Å². The van der Waals surface area contributed by atoms with Gasteiger partial charge in [0.25, 0.3) is 0 Å². The van der Waals surface area contributed by atoms with Gasteiger partial charge in [-0.1, -0.05) is 6.07 Å². The van der Waals surface area contributed by atoms with E-state index in [1.165, 1.54) is 0 Å². The highest BCUT2D eigenvalue weighted by Crippen LogP contribution is 2.03. The first-order valence-corrected chi connectivity index (χ1v) is 4.52. The van der Waals surface area contributed by atoms with Gasteiger partial charge in [0.2, 0.25) is 0 Å². The molecule has 0 unspecified atom stereocenters. The lowest BCUT2D eigenvalue weighted by Gasteiger charge is -1.99. The van der Waals surface area contributed by atoms with Crippen LogP contribution in [0.3, 0.4) is 0 Å². The molecule has 14 heavy (non-hydrogen) atoms. The van der Waals surface area contributed by atoms with E-state index >= 15 is 0 Å². The Morgan fingerprint density at radius 2 is 2.14 bits per heavy atom. The lowest BCUT2D eigenvalue weighted by atomic mass is 10.2. The Bertz CT molecular complexity index is 412. The topological polar surface area (TPSA) is 38.7 Å². The largest absolute Gasteiger partial charge is 0.264 e. The highest BCUT2D eigenvalue weighted by Gasteiger charge is 1.98. The summed E-state index contributed by atoms with van der Waals surface area (Å²) >= 11 is 0. The predicted octanol–water partition coefficient (Wildman–Crippen LogP) is 1.77. The lowest BCUT2D eigenvalue weighted by molar-refractivity contribution is 0.937. The smallest absolute Gasteiger partial charge is 0.132 e. The van der Waals surface area contributed by atoms with Crippen molar-refractivity contribution in [3.8, 4) is 0 Å². The third-order valence-electron chi connectivity index (χ3n) is 1.93. The Kier molecular flexibility index (Phi) is 2.49. The maximum absolute atomic E-state index is 4.33. The van der Waals surface area contributed by atoms with Crippen molar-refractivity contribution >= 4 is 0 Å². The van der Waals surface area contributed by atoms with E-state index in [9.17, 15) is 0 Å². The van der Waals surface area contributed by atoms with Crippen LogP contribution in [-0.2, 0) is 6.42 Å². The first-order valence-electron chi connectivity index (χ1n) is 4.52. The zero-order chi connectivity index (χ0) is 9.80. The molecule has 0 saturated carbocycles. The van der Waals surface area contributed by atoms with Gasteiger partial charge in [0, 0.05) is 30.7 Å². The fraction of sp³-hybridized carbons (Fsp3) is 0.182. The Morgan fingerprint density at radius 1 is 1.21 bits per heavy atom. The van der Waals surface area contributed by atoms with E-state index < -0.39 is 0 Å². The van der Waals surface area contributed by atoms with Crippen LogP contribution in [0.25, 0.3) is 0 Å². The second kappa shape index (κ2) is 3.96. The molecule has 0 atom stereocenters. The number of rotatable bonds is 2. The Labute approximate surface area is 82.9 Å². The normalized spacial score (nSPS) is 10.1. The minimum Gasteiger partial charge on any atom is -0.264 e. The fourth-order valence-corrected chi connectivity index (χ4v) is 1.27. The molecule has 0 amide bonds. The SMILES string of the molecule is Cc1ccnc(Cc2cccnc2)n1. The van der Waals surface area contributed by atoms with Crippen molar-refractivity contribution in [1.29, 1.82) is 0 Å². The van der Waals surface area contributed by atoms with E-state index in [-0.39, 0.29) is 0 Å². The minimum atomic E-state index is 0.746. The van der Waals surface area contributed by atoms with Crippen LogP contribution in [0.5, 0.6) is 0 Å². The molecule has 0 aliphatic rings. The van der Waals surface area contributed by atoms with Crippen molar-refractivity contribution in [1.82, 2.24) is 15.0 Å². The van der Waals surface area contributed by atoms with E-state index in [1.807, 2.05) is 31.3 Å². The molecule has 2 aromatic rings. The van der Waals surface area contributed by atoms with Crippen molar-refractivity contribution in [2.75, 3.05) is 0 Å². The number of aromatic nitrogens is 3. The van der Waals surface area contributed by atoms with Crippen LogP contribution in [0.2, 0.25) is 0 Å². The summed E-state index contributed by atoms with van der Waals surface area (Å²) in [7, 11) is 0. The summed E-state index contributed by atoms with van der Waals surface area (Å²) in [5, 5.41) is 0. The molecule has 70 valence electrons. The van der Waals surface area contributed by atoms with Crippen molar-refractivity contribution in [3.63, 3.8) is 0 Å². The van der Waals surface area contributed by atoms with Crippen LogP contribution in [-0.4, -0.2) is 15.0 Å². The van der Waals surface area contributed by atoms with Gasteiger partial charge >= 0.3 is 0 Å². The van der Waals surface area contributed by atoms with Gasteiger partial charge in [0.15, 0.2) is 0 Å². The molecule has 3 heteroatoms. The fourth-order valence-electron chi connectivity index (χ4n) is 1.27. The maximum atomic E-state index is 4.33. The maximum Gasteiger partial charge on any atom is 0.132 e. The third kappa shape index (κ3) is 2.13. The molecule has 0 bridgehead atoms. The standard InChI is InChI=1S/C11H11N3/c1-9-4-6-13-11(14-9)7-10-3-2-5-12-8-10/h2-6,8H,7H2,1H3.